The summed E-state index contributed by atoms with van der Waals surface area (Å²) in [5.74, 6) is -1.28. The Balaban J connectivity index is 2.15. The van der Waals surface area contributed by atoms with Crippen molar-refractivity contribution in [1.82, 2.24) is 5.32 Å². The molecule has 1 aliphatic rings. The molecule has 0 spiro atoms. The van der Waals surface area contributed by atoms with Crippen molar-refractivity contribution in [3.8, 4) is 0 Å². The summed E-state index contributed by atoms with van der Waals surface area (Å²) >= 11 is 5.87. The number of carbonyl (C=O) groups excluding carboxylic acids is 1. The highest BCUT2D eigenvalue weighted by Gasteiger charge is 2.52. The topological polar surface area (TPSA) is 66.4 Å². The zero-order valence-corrected chi connectivity index (χ0v) is 13.0. The molecule has 5 heteroatoms. The molecule has 1 saturated carbocycles. The quantitative estimate of drug-likeness (QED) is 0.849. The van der Waals surface area contributed by atoms with Gasteiger partial charge in [0, 0.05) is 5.02 Å². The molecule has 1 aliphatic carbocycles. The lowest BCUT2D eigenvalue weighted by molar-refractivity contribution is -0.143. The normalized spacial score (nSPS) is 18.6. The minimum Gasteiger partial charge on any atom is -0.480 e. The summed E-state index contributed by atoms with van der Waals surface area (Å²) in [5.41, 5.74) is 0.323. The largest absolute Gasteiger partial charge is 0.480 e. The van der Waals surface area contributed by atoms with Gasteiger partial charge in [-0.3, -0.25) is 4.79 Å². The average Bonchev–Trinajstić information content (AvgIpc) is 3.25. The molecule has 0 unspecified atom stereocenters. The maximum atomic E-state index is 12.5. The second-order valence-corrected chi connectivity index (χ2v) is 6.20. The van der Waals surface area contributed by atoms with Gasteiger partial charge in [-0.1, -0.05) is 44.0 Å². The number of carboxylic acids is 1. The van der Waals surface area contributed by atoms with Crippen molar-refractivity contribution in [3.63, 3.8) is 0 Å². The second kappa shape index (κ2) is 6.06. The predicted octanol–water partition coefficient (Wildman–Crippen LogP) is 2.99. The van der Waals surface area contributed by atoms with E-state index in [4.69, 9.17) is 11.6 Å². The molecular weight excluding hydrogens is 290 g/mol. The van der Waals surface area contributed by atoms with E-state index in [0.29, 0.717) is 11.4 Å². The molecule has 2 atom stereocenters. The molecule has 1 fully saturated rings. The zero-order valence-electron chi connectivity index (χ0n) is 12.2. The van der Waals surface area contributed by atoms with Gasteiger partial charge in [-0.15, -0.1) is 0 Å². The summed E-state index contributed by atoms with van der Waals surface area (Å²) in [5, 5.41) is 12.6. The highest BCUT2D eigenvalue weighted by Crippen LogP contribution is 2.48. The molecule has 1 amide bonds. The predicted molar refractivity (Wildman–Crippen MR) is 81.4 cm³/mol. The average molecular weight is 310 g/mol. The van der Waals surface area contributed by atoms with E-state index in [1.165, 1.54) is 0 Å². The lowest BCUT2D eigenvalue weighted by atomic mass is 9.93. The van der Waals surface area contributed by atoms with Crippen LogP contribution in [0.3, 0.4) is 0 Å². The van der Waals surface area contributed by atoms with Crippen molar-refractivity contribution in [2.24, 2.45) is 5.92 Å². The first-order chi connectivity index (χ1) is 9.90. The van der Waals surface area contributed by atoms with Crippen molar-refractivity contribution in [3.05, 3.63) is 34.9 Å². The highest BCUT2D eigenvalue weighted by molar-refractivity contribution is 6.30. The molecule has 114 valence electrons. The van der Waals surface area contributed by atoms with Crippen LogP contribution in [0.2, 0.25) is 5.02 Å². The first-order valence-electron chi connectivity index (χ1n) is 7.20. The number of nitrogens with one attached hydrogen (secondary N) is 1. The fraction of sp³-hybridized carbons (Fsp3) is 0.500. The third-order valence-corrected chi connectivity index (χ3v) is 4.60. The van der Waals surface area contributed by atoms with E-state index in [-0.39, 0.29) is 11.8 Å². The molecule has 21 heavy (non-hydrogen) atoms. The van der Waals surface area contributed by atoms with Crippen molar-refractivity contribution >= 4 is 23.5 Å². The van der Waals surface area contributed by atoms with Crippen LogP contribution in [0.1, 0.15) is 38.7 Å². The molecule has 1 aromatic carbocycles. The van der Waals surface area contributed by atoms with Gasteiger partial charge < -0.3 is 10.4 Å². The van der Waals surface area contributed by atoms with Crippen LogP contribution < -0.4 is 5.32 Å². The standard InChI is InChI=1S/C16H20ClNO3/c1-3-10(2)13(14(19)20)18-15(21)16(8-9-16)11-4-6-12(17)7-5-11/h4-7,10,13H,3,8-9H2,1-2H3,(H,18,21)(H,19,20)/t10-,13-/m0/s1. The Morgan fingerprint density at radius 2 is 1.90 bits per heavy atom. The fourth-order valence-corrected chi connectivity index (χ4v) is 2.63. The number of hydrogen-bond donors (Lipinski definition) is 2. The molecule has 0 aromatic heterocycles. The number of hydrogen-bond acceptors (Lipinski definition) is 2. The van der Waals surface area contributed by atoms with Crippen LogP contribution in [0.5, 0.6) is 0 Å². The third kappa shape index (κ3) is 3.21. The smallest absolute Gasteiger partial charge is 0.326 e. The Morgan fingerprint density at radius 1 is 1.33 bits per heavy atom. The number of halogens is 1. The Kier molecular flexibility index (Phi) is 4.57. The van der Waals surface area contributed by atoms with E-state index >= 15 is 0 Å². The lowest BCUT2D eigenvalue weighted by Gasteiger charge is -2.23. The monoisotopic (exact) mass is 309 g/mol. The summed E-state index contributed by atoms with van der Waals surface area (Å²) < 4.78 is 0. The maximum absolute atomic E-state index is 12.5. The van der Waals surface area contributed by atoms with Gasteiger partial charge in [0.2, 0.25) is 5.91 Å². The van der Waals surface area contributed by atoms with Gasteiger partial charge in [-0.25, -0.2) is 4.79 Å². The number of rotatable bonds is 6. The third-order valence-electron chi connectivity index (χ3n) is 4.35. The summed E-state index contributed by atoms with van der Waals surface area (Å²) in [6.45, 7) is 3.75. The number of carbonyl (C=O) groups is 2. The molecule has 0 radical (unpaired) electrons. The van der Waals surface area contributed by atoms with Gasteiger partial charge in [0.05, 0.1) is 5.41 Å². The molecule has 2 rings (SSSR count). The van der Waals surface area contributed by atoms with Crippen molar-refractivity contribution in [1.29, 1.82) is 0 Å². The van der Waals surface area contributed by atoms with E-state index in [1.807, 2.05) is 26.0 Å². The van der Waals surface area contributed by atoms with Crippen LogP contribution >= 0.6 is 11.6 Å². The van der Waals surface area contributed by atoms with Crippen LogP contribution in [0.15, 0.2) is 24.3 Å². The van der Waals surface area contributed by atoms with Crippen molar-refractivity contribution < 1.29 is 14.7 Å². The molecule has 0 bridgehead atoms. The summed E-state index contributed by atoms with van der Waals surface area (Å²) in [4.78, 5) is 23.9. The molecule has 4 nitrogen and oxygen atoms in total. The number of amides is 1. The van der Waals surface area contributed by atoms with E-state index in [0.717, 1.165) is 18.4 Å². The van der Waals surface area contributed by atoms with E-state index < -0.39 is 17.4 Å². The Labute approximate surface area is 129 Å². The van der Waals surface area contributed by atoms with E-state index in [9.17, 15) is 14.7 Å². The van der Waals surface area contributed by atoms with Gasteiger partial charge in [0.25, 0.3) is 0 Å². The van der Waals surface area contributed by atoms with Crippen LogP contribution in [0, 0.1) is 5.92 Å². The van der Waals surface area contributed by atoms with Gasteiger partial charge in [0.1, 0.15) is 6.04 Å². The number of aliphatic carboxylic acids is 1. The number of carboxylic acid groups (broad SMARTS) is 1. The molecule has 0 aliphatic heterocycles. The minimum atomic E-state index is -0.982. The molecule has 0 saturated heterocycles. The molecule has 2 N–H and O–H groups in total. The molecule has 0 heterocycles. The lowest BCUT2D eigenvalue weighted by Crippen LogP contribution is -2.48. The molecule has 1 aromatic rings. The van der Waals surface area contributed by atoms with Crippen LogP contribution in [-0.2, 0) is 15.0 Å². The summed E-state index contributed by atoms with van der Waals surface area (Å²) in [6, 6.07) is 6.36. The maximum Gasteiger partial charge on any atom is 0.326 e. The van der Waals surface area contributed by atoms with E-state index in [1.54, 1.807) is 12.1 Å². The van der Waals surface area contributed by atoms with Crippen molar-refractivity contribution in [2.45, 2.75) is 44.6 Å². The Morgan fingerprint density at radius 3 is 2.33 bits per heavy atom. The summed E-state index contributed by atoms with van der Waals surface area (Å²) in [7, 11) is 0. The van der Waals surface area contributed by atoms with E-state index in [2.05, 4.69) is 5.32 Å². The first-order valence-corrected chi connectivity index (χ1v) is 7.58. The second-order valence-electron chi connectivity index (χ2n) is 5.76. The van der Waals surface area contributed by atoms with Gasteiger partial charge in [0.15, 0.2) is 0 Å². The van der Waals surface area contributed by atoms with Crippen LogP contribution in [0.25, 0.3) is 0 Å². The summed E-state index contributed by atoms with van der Waals surface area (Å²) in [6.07, 6.45) is 2.19. The van der Waals surface area contributed by atoms with Gasteiger partial charge in [-0.2, -0.15) is 0 Å². The van der Waals surface area contributed by atoms with Gasteiger partial charge in [-0.05, 0) is 36.5 Å². The van der Waals surface area contributed by atoms with Crippen molar-refractivity contribution in [2.75, 3.05) is 0 Å². The Bertz CT molecular complexity index is 537. The molecular formula is C16H20ClNO3. The minimum absolute atomic E-state index is 0.104. The number of benzene rings is 1. The fourth-order valence-electron chi connectivity index (χ4n) is 2.50. The van der Waals surface area contributed by atoms with Gasteiger partial charge >= 0.3 is 5.97 Å². The SMILES string of the molecule is CC[C@H](C)[C@H](NC(=O)C1(c2ccc(Cl)cc2)CC1)C(=O)O. The zero-order chi connectivity index (χ0) is 15.6. The Hall–Kier alpha value is -1.55. The van der Waals surface area contributed by atoms with Crippen LogP contribution in [-0.4, -0.2) is 23.0 Å². The highest BCUT2D eigenvalue weighted by atomic mass is 35.5. The van der Waals surface area contributed by atoms with Crippen LogP contribution in [0.4, 0.5) is 0 Å². The first kappa shape index (κ1) is 15.8.